The zero-order chi connectivity index (χ0) is 7.28. The van der Waals surface area contributed by atoms with E-state index in [9.17, 15) is 0 Å². The van der Waals surface area contributed by atoms with Crippen molar-refractivity contribution >= 4 is 0 Å². The lowest BCUT2D eigenvalue weighted by molar-refractivity contribution is 0.446. The second kappa shape index (κ2) is 4.34. The third kappa shape index (κ3) is 3.99. The summed E-state index contributed by atoms with van der Waals surface area (Å²) in [7, 11) is 0. The molecule has 9 heavy (non-hydrogen) atoms. The molecule has 0 amide bonds. The summed E-state index contributed by atoms with van der Waals surface area (Å²) in [6.07, 6.45) is 0. The molecule has 0 bridgehead atoms. The molecule has 0 aromatic carbocycles. The highest BCUT2D eigenvalue weighted by Gasteiger charge is 2.03. The summed E-state index contributed by atoms with van der Waals surface area (Å²) < 4.78 is 0. The molecule has 0 aliphatic carbocycles. The maximum absolute atomic E-state index is 8.18. The van der Waals surface area contributed by atoms with Crippen molar-refractivity contribution in [1.82, 2.24) is 5.32 Å². The van der Waals surface area contributed by atoms with E-state index < -0.39 is 0 Å². The molecule has 0 aliphatic heterocycles. The van der Waals surface area contributed by atoms with Gasteiger partial charge in [-0.15, -0.1) is 0 Å². The van der Waals surface area contributed by atoms with Crippen LogP contribution < -0.4 is 5.32 Å². The highest BCUT2D eigenvalue weighted by atomic mass is 14.9. The van der Waals surface area contributed by atoms with Crippen LogP contribution in [0.2, 0.25) is 0 Å². The number of hydrogen-bond donors (Lipinski definition) is 1. The zero-order valence-electron chi connectivity index (χ0n) is 6.31. The molecule has 0 radical (unpaired) electrons. The zero-order valence-corrected chi connectivity index (χ0v) is 6.31. The van der Waals surface area contributed by atoms with Gasteiger partial charge >= 0.3 is 0 Å². The Labute approximate surface area is 56.9 Å². The second-order valence-corrected chi connectivity index (χ2v) is 2.57. The Morgan fingerprint density at radius 1 is 1.44 bits per heavy atom. The van der Waals surface area contributed by atoms with Crippen molar-refractivity contribution in [2.75, 3.05) is 6.54 Å². The molecule has 1 N–H and O–H groups in total. The molecule has 0 aromatic heterocycles. The Kier molecular flexibility index (Phi) is 4.08. The lowest BCUT2D eigenvalue weighted by atomic mass is 10.1. The normalized spacial score (nSPS) is 13.2. The molecule has 0 heterocycles. The van der Waals surface area contributed by atoms with Crippen molar-refractivity contribution < 1.29 is 0 Å². The average molecular weight is 126 g/mol. The monoisotopic (exact) mass is 126 g/mol. The highest BCUT2D eigenvalue weighted by Crippen LogP contribution is 1.97. The summed E-state index contributed by atoms with van der Waals surface area (Å²) in [5.41, 5.74) is 0. The van der Waals surface area contributed by atoms with Gasteiger partial charge in [0.25, 0.3) is 0 Å². The molecule has 1 unspecified atom stereocenters. The van der Waals surface area contributed by atoms with Crippen LogP contribution in [0.15, 0.2) is 0 Å². The summed E-state index contributed by atoms with van der Waals surface area (Å²) in [4.78, 5) is 0. The van der Waals surface area contributed by atoms with E-state index >= 15 is 0 Å². The number of nitrogens with one attached hydrogen (secondary N) is 1. The number of hydrogen-bond acceptors (Lipinski definition) is 2. The van der Waals surface area contributed by atoms with Gasteiger partial charge < -0.3 is 5.32 Å². The molecule has 0 aliphatic rings. The van der Waals surface area contributed by atoms with Crippen LogP contribution in [-0.2, 0) is 0 Å². The summed E-state index contributed by atoms with van der Waals surface area (Å²) in [6, 6.07) is 2.49. The first-order chi connectivity index (χ1) is 4.18. The maximum Gasteiger partial charge on any atom is 0.0843 e. The first-order valence-corrected chi connectivity index (χ1v) is 3.28. The van der Waals surface area contributed by atoms with E-state index in [2.05, 4.69) is 26.1 Å². The molecule has 0 rings (SSSR count). The SMILES string of the molecule is CC(C)C(C)NCC#N. The maximum atomic E-state index is 8.18. The van der Waals surface area contributed by atoms with Crippen molar-refractivity contribution in [3.63, 3.8) is 0 Å². The molecule has 1 atom stereocenters. The smallest absolute Gasteiger partial charge is 0.0843 e. The van der Waals surface area contributed by atoms with Crippen LogP contribution in [0.25, 0.3) is 0 Å². The van der Waals surface area contributed by atoms with Gasteiger partial charge in [0.15, 0.2) is 0 Å². The van der Waals surface area contributed by atoms with Gasteiger partial charge in [0.2, 0.25) is 0 Å². The van der Waals surface area contributed by atoms with E-state index in [0.29, 0.717) is 18.5 Å². The number of rotatable bonds is 3. The van der Waals surface area contributed by atoms with Crippen LogP contribution in [0.1, 0.15) is 20.8 Å². The minimum Gasteiger partial charge on any atom is -0.302 e. The summed E-state index contributed by atoms with van der Waals surface area (Å²) in [5.74, 6) is 0.610. The van der Waals surface area contributed by atoms with Gasteiger partial charge in [-0.25, -0.2) is 0 Å². The van der Waals surface area contributed by atoms with Crippen LogP contribution in [0.5, 0.6) is 0 Å². The molecule has 0 fully saturated rings. The molecular formula is C7H14N2. The van der Waals surface area contributed by atoms with E-state index in [0.717, 1.165) is 0 Å². The van der Waals surface area contributed by atoms with Gasteiger partial charge in [-0.1, -0.05) is 13.8 Å². The topological polar surface area (TPSA) is 35.8 Å². The third-order valence-electron chi connectivity index (χ3n) is 1.50. The summed E-state index contributed by atoms with van der Waals surface area (Å²) in [5, 5.41) is 11.3. The highest BCUT2D eigenvalue weighted by molar-refractivity contribution is 4.76. The van der Waals surface area contributed by atoms with Gasteiger partial charge in [-0.2, -0.15) is 5.26 Å². The predicted molar refractivity (Wildman–Crippen MR) is 37.9 cm³/mol. The van der Waals surface area contributed by atoms with Crippen LogP contribution in [0.3, 0.4) is 0 Å². The Morgan fingerprint density at radius 3 is 2.33 bits per heavy atom. The minimum absolute atomic E-state index is 0.449. The largest absolute Gasteiger partial charge is 0.302 e. The van der Waals surface area contributed by atoms with Crippen molar-refractivity contribution in [2.45, 2.75) is 26.8 Å². The van der Waals surface area contributed by atoms with Crippen molar-refractivity contribution in [3.8, 4) is 6.07 Å². The summed E-state index contributed by atoms with van der Waals surface area (Å²) in [6.45, 7) is 6.81. The number of nitriles is 1. The van der Waals surface area contributed by atoms with Crippen LogP contribution in [0, 0.1) is 17.2 Å². The van der Waals surface area contributed by atoms with Gasteiger partial charge in [-0.3, -0.25) is 0 Å². The summed E-state index contributed by atoms with van der Waals surface area (Å²) >= 11 is 0. The van der Waals surface area contributed by atoms with E-state index in [1.807, 2.05) is 6.07 Å². The predicted octanol–water partition coefficient (Wildman–Crippen LogP) is 1.14. The lowest BCUT2D eigenvalue weighted by Crippen LogP contribution is -2.30. The van der Waals surface area contributed by atoms with E-state index in [1.54, 1.807) is 0 Å². The van der Waals surface area contributed by atoms with Crippen molar-refractivity contribution in [2.24, 2.45) is 5.92 Å². The third-order valence-corrected chi connectivity index (χ3v) is 1.50. The average Bonchev–Trinajstić information content (AvgIpc) is 1.82. The van der Waals surface area contributed by atoms with Crippen LogP contribution in [-0.4, -0.2) is 12.6 Å². The first kappa shape index (κ1) is 8.45. The van der Waals surface area contributed by atoms with Crippen LogP contribution >= 0.6 is 0 Å². The molecule has 0 spiro atoms. The molecular weight excluding hydrogens is 112 g/mol. The Bertz CT molecular complexity index is 102. The fourth-order valence-corrected chi connectivity index (χ4v) is 0.442. The van der Waals surface area contributed by atoms with E-state index in [4.69, 9.17) is 5.26 Å². The minimum atomic E-state index is 0.449. The Hall–Kier alpha value is -0.550. The first-order valence-electron chi connectivity index (χ1n) is 3.28. The van der Waals surface area contributed by atoms with Gasteiger partial charge in [0, 0.05) is 6.04 Å². The quantitative estimate of drug-likeness (QED) is 0.576. The standard InChI is InChI=1S/C7H14N2/c1-6(2)7(3)9-5-4-8/h6-7,9H,5H2,1-3H3. The molecule has 52 valence electrons. The Balaban J connectivity index is 3.29. The molecule has 2 nitrogen and oxygen atoms in total. The van der Waals surface area contributed by atoms with Crippen molar-refractivity contribution in [1.29, 1.82) is 5.26 Å². The second-order valence-electron chi connectivity index (χ2n) is 2.57. The van der Waals surface area contributed by atoms with E-state index in [-0.39, 0.29) is 0 Å². The molecule has 0 aromatic rings. The fraction of sp³-hybridized carbons (Fsp3) is 0.857. The van der Waals surface area contributed by atoms with Crippen molar-refractivity contribution in [3.05, 3.63) is 0 Å². The van der Waals surface area contributed by atoms with Gasteiger partial charge in [0.05, 0.1) is 12.6 Å². The van der Waals surface area contributed by atoms with E-state index in [1.165, 1.54) is 0 Å². The van der Waals surface area contributed by atoms with Gasteiger partial charge in [-0.05, 0) is 12.8 Å². The van der Waals surface area contributed by atoms with Gasteiger partial charge in [0.1, 0.15) is 0 Å². The number of nitrogens with zero attached hydrogens (tertiary/aromatic N) is 1. The van der Waals surface area contributed by atoms with Crippen LogP contribution in [0.4, 0.5) is 0 Å². The molecule has 2 heteroatoms. The molecule has 0 saturated heterocycles. The lowest BCUT2D eigenvalue weighted by Gasteiger charge is -2.14. The fourth-order valence-electron chi connectivity index (χ4n) is 0.442. The molecule has 0 saturated carbocycles. The Morgan fingerprint density at radius 2 is 2.00 bits per heavy atom.